The zero-order chi connectivity index (χ0) is 8.55. The second-order valence-corrected chi connectivity index (χ2v) is 3.24. The molecule has 0 aliphatic heterocycles. The van der Waals surface area contributed by atoms with E-state index in [2.05, 4.69) is 4.98 Å². The molecule has 60 valence electrons. The van der Waals surface area contributed by atoms with Gasteiger partial charge in [0, 0.05) is 11.6 Å². The molecule has 0 radical (unpaired) electrons. The summed E-state index contributed by atoms with van der Waals surface area (Å²) in [6.45, 7) is 2.04. The largest absolute Gasteiger partial charge is 0.254 e. The van der Waals surface area contributed by atoms with Gasteiger partial charge in [0.05, 0.1) is 10.5 Å². The minimum absolute atomic E-state index is 0.688. The summed E-state index contributed by atoms with van der Waals surface area (Å²) in [5, 5.41) is 1.79. The molecule has 0 saturated carbocycles. The normalized spacial score (nSPS) is 10.5. The number of aromatic nitrogens is 1. The average Bonchev–Trinajstić information content (AvgIpc) is 2.04. The molecule has 0 amide bonds. The van der Waals surface area contributed by atoms with Gasteiger partial charge in [0.15, 0.2) is 0 Å². The monoisotopic (exact) mass is 177 g/mol. The Kier molecular flexibility index (Phi) is 1.74. The Hall–Kier alpha value is -1.08. The number of hydrogen-bond acceptors (Lipinski definition) is 1. The number of halogens is 1. The van der Waals surface area contributed by atoms with Gasteiger partial charge in [0.2, 0.25) is 0 Å². The molecule has 0 atom stereocenters. The lowest BCUT2D eigenvalue weighted by Gasteiger charge is -1.99. The summed E-state index contributed by atoms with van der Waals surface area (Å²) in [7, 11) is 0. The lowest BCUT2D eigenvalue weighted by molar-refractivity contribution is 1.37. The number of hydrogen-bond donors (Lipinski definition) is 0. The Morgan fingerprint density at radius 2 is 2.17 bits per heavy atom. The van der Waals surface area contributed by atoms with Crippen molar-refractivity contribution in [1.82, 2.24) is 4.98 Å². The fourth-order valence-corrected chi connectivity index (χ4v) is 1.45. The molecule has 0 spiro atoms. The Morgan fingerprint density at radius 3 is 3.00 bits per heavy atom. The van der Waals surface area contributed by atoms with Gasteiger partial charge >= 0.3 is 0 Å². The number of para-hydroxylation sites is 1. The van der Waals surface area contributed by atoms with Crippen molar-refractivity contribution < 1.29 is 0 Å². The van der Waals surface area contributed by atoms with Gasteiger partial charge in [-0.05, 0) is 18.6 Å². The van der Waals surface area contributed by atoms with Crippen molar-refractivity contribution in [3.8, 4) is 0 Å². The first kappa shape index (κ1) is 7.56. The lowest BCUT2D eigenvalue weighted by Crippen LogP contribution is -1.81. The van der Waals surface area contributed by atoms with Crippen LogP contribution in [0.4, 0.5) is 0 Å². The van der Waals surface area contributed by atoms with E-state index in [0.717, 1.165) is 10.9 Å². The SMILES string of the molecule is Cc1cccc2cc(Cl)cnc12. The summed E-state index contributed by atoms with van der Waals surface area (Å²) in [6, 6.07) is 8.00. The second-order valence-electron chi connectivity index (χ2n) is 2.80. The van der Waals surface area contributed by atoms with Crippen molar-refractivity contribution in [3.63, 3.8) is 0 Å². The van der Waals surface area contributed by atoms with Crippen molar-refractivity contribution in [3.05, 3.63) is 41.0 Å². The van der Waals surface area contributed by atoms with Crippen LogP contribution in [0.3, 0.4) is 0 Å². The number of nitrogens with zero attached hydrogens (tertiary/aromatic N) is 1. The molecule has 1 nitrogen and oxygen atoms in total. The molecule has 2 aromatic rings. The predicted molar refractivity (Wildman–Crippen MR) is 51.5 cm³/mol. The van der Waals surface area contributed by atoms with E-state index in [-0.39, 0.29) is 0 Å². The zero-order valence-electron chi connectivity index (χ0n) is 6.71. The minimum atomic E-state index is 0.688. The summed E-state index contributed by atoms with van der Waals surface area (Å²) in [5.41, 5.74) is 2.21. The maximum Gasteiger partial charge on any atom is 0.0732 e. The highest BCUT2D eigenvalue weighted by atomic mass is 35.5. The number of rotatable bonds is 0. The standard InChI is InChI=1S/C10H8ClN/c1-7-3-2-4-8-5-9(11)6-12-10(7)8/h2-6H,1H3. The molecule has 0 unspecified atom stereocenters. The van der Waals surface area contributed by atoms with Crippen LogP contribution in [0.2, 0.25) is 5.02 Å². The van der Waals surface area contributed by atoms with Crippen molar-refractivity contribution in [2.45, 2.75) is 6.92 Å². The van der Waals surface area contributed by atoms with E-state index in [1.54, 1.807) is 6.20 Å². The molecule has 0 N–H and O–H groups in total. The first-order chi connectivity index (χ1) is 5.77. The highest BCUT2D eigenvalue weighted by molar-refractivity contribution is 6.31. The Labute approximate surface area is 76.0 Å². The van der Waals surface area contributed by atoms with Crippen LogP contribution in [-0.4, -0.2) is 4.98 Å². The smallest absolute Gasteiger partial charge is 0.0732 e. The van der Waals surface area contributed by atoms with Gasteiger partial charge < -0.3 is 0 Å². The van der Waals surface area contributed by atoms with Gasteiger partial charge in [-0.3, -0.25) is 4.98 Å². The molecule has 0 aliphatic carbocycles. The van der Waals surface area contributed by atoms with Crippen LogP contribution in [0.25, 0.3) is 10.9 Å². The third-order valence-electron chi connectivity index (χ3n) is 1.88. The summed E-state index contributed by atoms with van der Waals surface area (Å²) >= 11 is 5.81. The molecule has 0 saturated heterocycles. The number of pyridine rings is 1. The molecule has 1 aromatic carbocycles. The van der Waals surface area contributed by atoms with E-state index >= 15 is 0 Å². The van der Waals surface area contributed by atoms with E-state index in [4.69, 9.17) is 11.6 Å². The fourth-order valence-electron chi connectivity index (χ4n) is 1.29. The maximum atomic E-state index is 5.81. The van der Waals surface area contributed by atoms with Gasteiger partial charge in [-0.1, -0.05) is 29.8 Å². The van der Waals surface area contributed by atoms with Gasteiger partial charge in [0.1, 0.15) is 0 Å². The second kappa shape index (κ2) is 2.76. The third kappa shape index (κ3) is 1.16. The lowest BCUT2D eigenvalue weighted by atomic mass is 10.1. The molecular formula is C10H8ClN. The quantitative estimate of drug-likeness (QED) is 0.602. The van der Waals surface area contributed by atoms with Crippen LogP contribution in [0.15, 0.2) is 30.5 Å². The van der Waals surface area contributed by atoms with Crippen molar-refractivity contribution in [1.29, 1.82) is 0 Å². The van der Waals surface area contributed by atoms with E-state index in [0.29, 0.717) is 5.02 Å². The molecule has 0 aliphatic rings. The summed E-state index contributed by atoms with van der Waals surface area (Å²) in [5.74, 6) is 0. The number of fused-ring (bicyclic) bond motifs is 1. The molecule has 12 heavy (non-hydrogen) atoms. The van der Waals surface area contributed by atoms with E-state index in [1.807, 2.05) is 31.2 Å². The predicted octanol–water partition coefficient (Wildman–Crippen LogP) is 3.20. The first-order valence-electron chi connectivity index (χ1n) is 3.78. The summed E-state index contributed by atoms with van der Waals surface area (Å²) in [4.78, 5) is 4.25. The fraction of sp³-hybridized carbons (Fsp3) is 0.100. The van der Waals surface area contributed by atoms with Crippen LogP contribution >= 0.6 is 11.6 Å². The molecule has 1 heterocycles. The molecular weight excluding hydrogens is 170 g/mol. The van der Waals surface area contributed by atoms with Crippen LogP contribution in [-0.2, 0) is 0 Å². The highest BCUT2D eigenvalue weighted by Gasteiger charge is 1.97. The van der Waals surface area contributed by atoms with E-state index in [9.17, 15) is 0 Å². The first-order valence-corrected chi connectivity index (χ1v) is 4.16. The molecule has 2 rings (SSSR count). The van der Waals surface area contributed by atoms with Crippen molar-refractivity contribution in [2.24, 2.45) is 0 Å². The van der Waals surface area contributed by atoms with Gasteiger partial charge in [-0.15, -0.1) is 0 Å². The molecule has 0 bridgehead atoms. The Balaban J connectivity index is 2.86. The molecule has 2 heteroatoms. The van der Waals surface area contributed by atoms with Crippen molar-refractivity contribution >= 4 is 22.5 Å². The molecule has 1 aromatic heterocycles. The van der Waals surface area contributed by atoms with E-state index in [1.165, 1.54) is 5.56 Å². The van der Waals surface area contributed by atoms with Crippen LogP contribution < -0.4 is 0 Å². The average molecular weight is 178 g/mol. The van der Waals surface area contributed by atoms with Gasteiger partial charge in [-0.2, -0.15) is 0 Å². The zero-order valence-corrected chi connectivity index (χ0v) is 7.47. The summed E-state index contributed by atoms with van der Waals surface area (Å²) in [6.07, 6.45) is 1.68. The van der Waals surface area contributed by atoms with Crippen LogP contribution in [0.1, 0.15) is 5.56 Å². The Morgan fingerprint density at radius 1 is 1.33 bits per heavy atom. The highest BCUT2D eigenvalue weighted by Crippen LogP contribution is 2.18. The number of benzene rings is 1. The van der Waals surface area contributed by atoms with Gasteiger partial charge in [0.25, 0.3) is 0 Å². The number of aryl methyl sites for hydroxylation is 1. The topological polar surface area (TPSA) is 12.9 Å². The van der Waals surface area contributed by atoms with Gasteiger partial charge in [-0.25, -0.2) is 0 Å². The van der Waals surface area contributed by atoms with Crippen LogP contribution in [0, 0.1) is 6.92 Å². The maximum absolute atomic E-state index is 5.81. The van der Waals surface area contributed by atoms with Crippen LogP contribution in [0.5, 0.6) is 0 Å². The van der Waals surface area contributed by atoms with E-state index < -0.39 is 0 Å². The van der Waals surface area contributed by atoms with Crippen molar-refractivity contribution in [2.75, 3.05) is 0 Å². The minimum Gasteiger partial charge on any atom is -0.254 e. The summed E-state index contributed by atoms with van der Waals surface area (Å²) < 4.78 is 0. The molecule has 0 fully saturated rings. The third-order valence-corrected chi connectivity index (χ3v) is 2.09. The Bertz CT molecular complexity index is 423.